The standard InChI is InChI=1S/C26H31N7O3/c1-6-36-22-9-18(14-33-13-17(4)29-24(22)33)30-25(34)19-7-8-21(32-11-15(2)28-16(3)12-32)20-10-27-26(35-5)31-23(19)20/h7-10,13-16,28H,6,11-12H2,1-5H3,(H,30,34). The van der Waals surface area contributed by atoms with Crippen molar-refractivity contribution in [2.24, 2.45) is 0 Å². The fraction of sp³-hybridized carbons (Fsp3) is 0.385. The van der Waals surface area contributed by atoms with Crippen molar-refractivity contribution in [3.8, 4) is 11.8 Å². The second-order valence-electron chi connectivity index (χ2n) is 9.22. The van der Waals surface area contributed by atoms with Crippen LogP contribution in [0.2, 0.25) is 0 Å². The number of benzene rings is 1. The van der Waals surface area contributed by atoms with Gasteiger partial charge < -0.3 is 29.4 Å². The molecule has 1 aliphatic heterocycles. The van der Waals surface area contributed by atoms with Gasteiger partial charge in [-0.3, -0.25) is 4.79 Å². The molecule has 188 valence electrons. The van der Waals surface area contributed by atoms with E-state index in [9.17, 15) is 4.79 Å². The zero-order valence-electron chi connectivity index (χ0n) is 21.2. The van der Waals surface area contributed by atoms with Crippen LogP contribution in [0, 0.1) is 6.92 Å². The molecule has 4 aromatic rings. The zero-order chi connectivity index (χ0) is 25.4. The van der Waals surface area contributed by atoms with Crippen molar-refractivity contribution in [1.29, 1.82) is 0 Å². The summed E-state index contributed by atoms with van der Waals surface area (Å²) in [5.74, 6) is 0.322. The number of hydrogen-bond acceptors (Lipinski definition) is 8. The Kier molecular flexibility index (Phi) is 6.36. The Balaban J connectivity index is 1.54. The molecule has 0 saturated carbocycles. The summed E-state index contributed by atoms with van der Waals surface area (Å²) in [6, 6.07) is 6.48. The van der Waals surface area contributed by atoms with Gasteiger partial charge in [-0.05, 0) is 39.8 Å². The highest BCUT2D eigenvalue weighted by Crippen LogP contribution is 2.31. The number of imidazole rings is 1. The highest BCUT2D eigenvalue weighted by molar-refractivity contribution is 6.14. The van der Waals surface area contributed by atoms with Gasteiger partial charge in [0, 0.05) is 60.9 Å². The molecule has 0 spiro atoms. The highest BCUT2D eigenvalue weighted by Gasteiger charge is 2.25. The fourth-order valence-corrected chi connectivity index (χ4v) is 4.89. The van der Waals surface area contributed by atoms with Crippen molar-refractivity contribution >= 4 is 33.8 Å². The SMILES string of the molecule is CCOc1cc(NC(=O)c2ccc(N3CC(C)NC(C)C3)c3cnc(OC)nc23)cn2cc(C)nc12. The number of hydrogen-bond donors (Lipinski definition) is 2. The lowest BCUT2D eigenvalue weighted by Crippen LogP contribution is -2.54. The number of aromatic nitrogens is 4. The molecule has 2 atom stereocenters. The van der Waals surface area contributed by atoms with Gasteiger partial charge in [-0.15, -0.1) is 0 Å². The van der Waals surface area contributed by atoms with Crippen LogP contribution in [0.1, 0.15) is 36.8 Å². The molecule has 0 aliphatic carbocycles. The molecule has 4 heterocycles. The zero-order valence-corrected chi connectivity index (χ0v) is 21.2. The van der Waals surface area contributed by atoms with Gasteiger partial charge in [0.15, 0.2) is 11.4 Å². The van der Waals surface area contributed by atoms with E-state index < -0.39 is 0 Å². The third-order valence-electron chi connectivity index (χ3n) is 6.23. The number of piperazine rings is 1. The normalized spacial score (nSPS) is 18.0. The number of fused-ring (bicyclic) bond motifs is 2. The van der Waals surface area contributed by atoms with E-state index >= 15 is 0 Å². The summed E-state index contributed by atoms with van der Waals surface area (Å²) < 4.78 is 12.9. The number of rotatable bonds is 6. The first-order valence-electron chi connectivity index (χ1n) is 12.1. The Hall–Kier alpha value is -3.92. The monoisotopic (exact) mass is 489 g/mol. The van der Waals surface area contributed by atoms with Crippen molar-refractivity contribution < 1.29 is 14.3 Å². The number of aryl methyl sites for hydroxylation is 1. The van der Waals surface area contributed by atoms with Crippen LogP contribution >= 0.6 is 0 Å². The van der Waals surface area contributed by atoms with Crippen molar-refractivity contribution in [1.82, 2.24) is 24.7 Å². The summed E-state index contributed by atoms with van der Waals surface area (Å²) in [6.45, 7) is 10.4. The molecule has 0 bridgehead atoms. The third kappa shape index (κ3) is 4.51. The topological polar surface area (TPSA) is 106 Å². The van der Waals surface area contributed by atoms with E-state index in [1.807, 2.05) is 42.8 Å². The predicted molar refractivity (Wildman–Crippen MR) is 139 cm³/mol. The first kappa shape index (κ1) is 23.8. The lowest BCUT2D eigenvalue weighted by molar-refractivity contribution is 0.102. The van der Waals surface area contributed by atoms with Crippen LogP contribution in [0.25, 0.3) is 16.6 Å². The quantitative estimate of drug-likeness (QED) is 0.424. The lowest BCUT2D eigenvalue weighted by atomic mass is 10.0. The smallest absolute Gasteiger partial charge is 0.316 e. The Morgan fingerprint density at radius 2 is 1.97 bits per heavy atom. The van der Waals surface area contributed by atoms with Gasteiger partial charge in [0.25, 0.3) is 5.91 Å². The van der Waals surface area contributed by atoms with Gasteiger partial charge in [0.2, 0.25) is 0 Å². The number of amides is 1. The predicted octanol–water partition coefficient (Wildman–Crippen LogP) is 3.43. The van der Waals surface area contributed by atoms with Crippen molar-refractivity contribution in [3.05, 3.63) is 48.0 Å². The van der Waals surface area contributed by atoms with Crippen LogP contribution in [0.3, 0.4) is 0 Å². The first-order valence-corrected chi connectivity index (χ1v) is 12.1. The van der Waals surface area contributed by atoms with Crippen LogP contribution in [-0.4, -0.2) is 64.1 Å². The summed E-state index contributed by atoms with van der Waals surface area (Å²) >= 11 is 0. The fourth-order valence-electron chi connectivity index (χ4n) is 4.89. The maximum absolute atomic E-state index is 13.5. The van der Waals surface area contributed by atoms with E-state index in [1.54, 1.807) is 12.3 Å². The van der Waals surface area contributed by atoms with Gasteiger partial charge >= 0.3 is 6.01 Å². The molecular formula is C26H31N7O3. The Morgan fingerprint density at radius 1 is 1.19 bits per heavy atom. The summed E-state index contributed by atoms with van der Waals surface area (Å²) in [6.07, 6.45) is 5.45. The van der Waals surface area contributed by atoms with E-state index in [0.29, 0.717) is 46.9 Å². The van der Waals surface area contributed by atoms with Crippen LogP contribution in [0.4, 0.5) is 11.4 Å². The summed E-state index contributed by atoms with van der Waals surface area (Å²) in [4.78, 5) is 29.3. The third-order valence-corrected chi connectivity index (χ3v) is 6.23. The molecule has 3 aromatic heterocycles. The number of carbonyl (C=O) groups excluding carboxylic acids is 1. The maximum atomic E-state index is 13.5. The van der Waals surface area contributed by atoms with E-state index in [2.05, 4.69) is 44.3 Å². The Bertz CT molecular complexity index is 1420. The van der Waals surface area contributed by atoms with Crippen molar-refractivity contribution in [2.75, 3.05) is 37.0 Å². The number of pyridine rings is 1. The van der Waals surface area contributed by atoms with Crippen molar-refractivity contribution in [2.45, 2.75) is 39.8 Å². The van der Waals surface area contributed by atoms with Gasteiger partial charge in [0.05, 0.1) is 36.2 Å². The van der Waals surface area contributed by atoms with Gasteiger partial charge in [-0.2, -0.15) is 4.98 Å². The number of carbonyl (C=O) groups is 1. The van der Waals surface area contributed by atoms with Crippen LogP contribution in [0.15, 0.2) is 36.8 Å². The second-order valence-corrected chi connectivity index (χ2v) is 9.22. The van der Waals surface area contributed by atoms with E-state index in [1.165, 1.54) is 7.11 Å². The Labute approximate surface area is 209 Å². The highest BCUT2D eigenvalue weighted by atomic mass is 16.5. The largest absolute Gasteiger partial charge is 0.490 e. The minimum Gasteiger partial charge on any atom is -0.490 e. The molecule has 0 radical (unpaired) electrons. The molecule has 10 nitrogen and oxygen atoms in total. The van der Waals surface area contributed by atoms with E-state index in [4.69, 9.17) is 9.47 Å². The molecule has 1 aliphatic rings. The van der Waals surface area contributed by atoms with Gasteiger partial charge in [-0.25, -0.2) is 9.97 Å². The number of ether oxygens (including phenoxy) is 2. The molecule has 10 heteroatoms. The number of methoxy groups -OCH3 is 1. The minimum atomic E-state index is -0.284. The molecule has 1 fully saturated rings. The number of nitrogens with one attached hydrogen (secondary N) is 2. The van der Waals surface area contributed by atoms with E-state index in [-0.39, 0.29) is 11.9 Å². The van der Waals surface area contributed by atoms with Crippen LogP contribution < -0.4 is 25.0 Å². The minimum absolute atomic E-state index is 0.213. The molecule has 1 amide bonds. The van der Waals surface area contributed by atoms with Crippen molar-refractivity contribution in [3.63, 3.8) is 0 Å². The van der Waals surface area contributed by atoms with Crippen LogP contribution in [0.5, 0.6) is 11.8 Å². The molecule has 5 rings (SSSR count). The van der Waals surface area contributed by atoms with Crippen LogP contribution in [-0.2, 0) is 0 Å². The average molecular weight is 490 g/mol. The second kappa shape index (κ2) is 9.62. The maximum Gasteiger partial charge on any atom is 0.316 e. The molecule has 2 N–H and O–H groups in total. The van der Waals surface area contributed by atoms with Gasteiger partial charge in [0.1, 0.15) is 0 Å². The summed E-state index contributed by atoms with van der Waals surface area (Å²) in [7, 11) is 1.52. The Morgan fingerprint density at radius 3 is 2.69 bits per heavy atom. The number of anilines is 2. The molecule has 1 saturated heterocycles. The lowest BCUT2D eigenvalue weighted by Gasteiger charge is -2.38. The first-order chi connectivity index (χ1) is 17.4. The average Bonchev–Trinajstić information content (AvgIpc) is 3.22. The molecular weight excluding hydrogens is 458 g/mol. The molecule has 36 heavy (non-hydrogen) atoms. The molecule has 1 aromatic carbocycles. The molecule has 2 unspecified atom stereocenters. The number of nitrogens with zero attached hydrogens (tertiary/aromatic N) is 5. The summed E-state index contributed by atoms with van der Waals surface area (Å²) in [5, 5.41) is 7.37. The van der Waals surface area contributed by atoms with E-state index in [0.717, 1.165) is 29.9 Å². The van der Waals surface area contributed by atoms with Gasteiger partial charge in [-0.1, -0.05) is 0 Å². The summed E-state index contributed by atoms with van der Waals surface area (Å²) in [5.41, 5.74) is 4.14.